The van der Waals surface area contributed by atoms with E-state index in [9.17, 15) is 0 Å². The Hall–Kier alpha value is -0.755. The van der Waals surface area contributed by atoms with Gasteiger partial charge in [-0.25, -0.2) is 0 Å². The van der Waals surface area contributed by atoms with Crippen LogP contribution in [0.25, 0.3) is 0 Å². The first-order valence-corrected chi connectivity index (χ1v) is 5.69. The molecule has 0 saturated heterocycles. The van der Waals surface area contributed by atoms with Gasteiger partial charge in [0.15, 0.2) is 0 Å². The van der Waals surface area contributed by atoms with Crippen LogP contribution in [0, 0.1) is 6.92 Å². The second kappa shape index (κ2) is 5.36. The first-order valence-electron chi connectivity index (χ1n) is 5.69. The molecule has 1 radical (unpaired) electrons. The molecule has 0 spiro atoms. The zero-order valence-electron chi connectivity index (χ0n) is 10.5. The van der Waals surface area contributed by atoms with Crippen molar-refractivity contribution in [2.75, 3.05) is 0 Å². The maximum Gasteiger partial charge on any atom is 0.248 e. The SMILES string of the molecule is Cc1ccc([B]N(C(C)C)C(C)C)cc1. The predicted octanol–water partition coefficient (Wildman–Crippen LogP) is 2.36. The van der Waals surface area contributed by atoms with Gasteiger partial charge in [0.25, 0.3) is 0 Å². The van der Waals surface area contributed by atoms with Crippen molar-refractivity contribution in [1.29, 1.82) is 0 Å². The summed E-state index contributed by atoms with van der Waals surface area (Å²) in [6, 6.07) is 9.76. The Morgan fingerprint density at radius 2 is 1.40 bits per heavy atom. The Bertz CT molecular complexity index is 282. The van der Waals surface area contributed by atoms with Gasteiger partial charge in [0.05, 0.1) is 0 Å². The highest BCUT2D eigenvalue weighted by atomic mass is 15.1. The first-order chi connectivity index (χ1) is 7.00. The largest absolute Gasteiger partial charge is 0.338 e. The van der Waals surface area contributed by atoms with Crippen molar-refractivity contribution in [3.8, 4) is 0 Å². The summed E-state index contributed by atoms with van der Waals surface area (Å²) >= 11 is 0. The zero-order chi connectivity index (χ0) is 11.4. The molecule has 0 heterocycles. The molecule has 0 aliphatic heterocycles. The van der Waals surface area contributed by atoms with E-state index < -0.39 is 0 Å². The monoisotopic (exact) mass is 202 g/mol. The summed E-state index contributed by atoms with van der Waals surface area (Å²) < 4.78 is 0. The van der Waals surface area contributed by atoms with E-state index in [1.807, 2.05) is 0 Å². The van der Waals surface area contributed by atoms with E-state index in [1.165, 1.54) is 11.0 Å². The minimum atomic E-state index is 0.548. The van der Waals surface area contributed by atoms with Gasteiger partial charge in [-0.3, -0.25) is 0 Å². The molecule has 0 fully saturated rings. The van der Waals surface area contributed by atoms with E-state index in [2.05, 4.69) is 71.1 Å². The van der Waals surface area contributed by atoms with Crippen LogP contribution in [0.2, 0.25) is 0 Å². The molecule has 0 saturated carbocycles. The molecular formula is C13H21BN. The summed E-state index contributed by atoms with van der Waals surface area (Å²) in [7, 11) is 2.24. The molecule has 0 N–H and O–H groups in total. The topological polar surface area (TPSA) is 3.24 Å². The van der Waals surface area contributed by atoms with Crippen molar-refractivity contribution in [2.45, 2.75) is 46.7 Å². The third-order valence-electron chi connectivity index (χ3n) is 2.57. The zero-order valence-corrected chi connectivity index (χ0v) is 10.5. The third-order valence-corrected chi connectivity index (χ3v) is 2.57. The number of rotatable bonds is 4. The molecule has 1 aromatic rings. The van der Waals surface area contributed by atoms with Gasteiger partial charge in [0.2, 0.25) is 7.41 Å². The molecule has 1 aromatic carbocycles. The van der Waals surface area contributed by atoms with Gasteiger partial charge < -0.3 is 4.81 Å². The molecule has 15 heavy (non-hydrogen) atoms. The Labute approximate surface area is 94.8 Å². The normalized spacial score (nSPS) is 11.5. The molecule has 0 bridgehead atoms. The summed E-state index contributed by atoms with van der Waals surface area (Å²) in [4.78, 5) is 2.38. The molecule has 0 atom stereocenters. The van der Waals surface area contributed by atoms with Crippen molar-refractivity contribution in [2.24, 2.45) is 0 Å². The van der Waals surface area contributed by atoms with Crippen molar-refractivity contribution in [1.82, 2.24) is 4.81 Å². The van der Waals surface area contributed by atoms with Gasteiger partial charge in [-0.05, 0) is 19.0 Å². The van der Waals surface area contributed by atoms with E-state index in [0.717, 1.165) is 0 Å². The standard InChI is InChI=1S/C13H21BN/c1-10(2)15(11(3)4)14-13-8-6-12(5)7-9-13/h6-11H,1-5H3. The molecule has 81 valence electrons. The van der Waals surface area contributed by atoms with Crippen molar-refractivity contribution < 1.29 is 0 Å². The molecule has 2 heteroatoms. The molecule has 1 nitrogen and oxygen atoms in total. The fourth-order valence-corrected chi connectivity index (χ4v) is 1.72. The van der Waals surface area contributed by atoms with Crippen molar-refractivity contribution >= 4 is 12.9 Å². The van der Waals surface area contributed by atoms with Gasteiger partial charge in [-0.2, -0.15) is 0 Å². The molecule has 0 aliphatic rings. The summed E-state index contributed by atoms with van der Waals surface area (Å²) in [6.45, 7) is 11.0. The Morgan fingerprint density at radius 3 is 1.80 bits per heavy atom. The average molecular weight is 202 g/mol. The molecule has 0 unspecified atom stereocenters. The van der Waals surface area contributed by atoms with Crippen LogP contribution in [0.5, 0.6) is 0 Å². The fourth-order valence-electron chi connectivity index (χ4n) is 1.72. The lowest BCUT2D eigenvalue weighted by molar-refractivity contribution is 0.315. The van der Waals surface area contributed by atoms with E-state index in [0.29, 0.717) is 12.1 Å². The summed E-state index contributed by atoms with van der Waals surface area (Å²) in [5, 5.41) is 0. The maximum atomic E-state index is 2.38. The number of aryl methyl sites for hydroxylation is 1. The second-order valence-corrected chi connectivity index (χ2v) is 4.67. The van der Waals surface area contributed by atoms with Crippen LogP contribution in [-0.4, -0.2) is 24.3 Å². The molecule has 0 aliphatic carbocycles. The lowest BCUT2D eigenvalue weighted by Crippen LogP contribution is -2.45. The minimum Gasteiger partial charge on any atom is -0.338 e. The minimum absolute atomic E-state index is 0.548. The van der Waals surface area contributed by atoms with Crippen LogP contribution in [0.3, 0.4) is 0 Å². The predicted molar refractivity (Wildman–Crippen MR) is 68.7 cm³/mol. The van der Waals surface area contributed by atoms with Gasteiger partial charge in [0.1, 0.15) is 0 Å². The van der Waals surface area contributed by atoms with E-state index in [-0.39, 0.29) is 0 Å². The first kappa shape index (κ1) is 12.3. The summed E-state index contributed by atoms with van der Waals surface area (Å²) in [6.07, 6.45) is 0. The fraction of sp³-hybridized carbons (Fsp3) is 0.538. The molecule has 1 rings (SSSR count). The number of hydrogen-bond acceptors (Lipinski definition) is 1. The van der Waals surface area contributed by atoms with Gasteiger partial charge >= 0.3 is 0 Å². The highest BCUT2D eigenvalue weighted by molar-refractivity contribution is 6.50. The van der Waals surface area contributed by atoms with E-state index in [1.54, 1.807) is 0 Å². The summed E-state index contributed by atoms with van der Waals surface area (Å²) in [5.74, 6) is 0. The quantitative estimate of drug-likeness (QED) is 0.677. The molecule has 0 amide bonds. The average Bonchev–Trinajstić information content (AvgIpc) is 2.15. The van der Waals surface area contributed by atoms with Crippen LogP contribution in [0.4, 0.5) is 0 Å². The lowest BCUT2D eigenvalue weighted by Gasteiger charge is -2.30. The van der Waals surface area contributed by atoms with E-state index >= 15 is 0 Å². The van der Waals surface area contributed by atoms with Crippen LogP contribution in [0.15, 0.2) is 24.3 Å². The number of benzene rings is 1. The van der Waals surface area contributed by atoms with E-state index in [4.69, 9.17) is 0 Å². The summed E-state index contributed by atoms with van der Waals surface area (Å²) in [5.41, 5.74) is 2.59. The van der Waals surface area contributed by atoms with Crippen LogP contribution in [-0.2, 0) is 0 Å². The lowest BCUT2D eigenvalue weighted by atomic mass is 9.78. The third kappa shape index (κ3) is 3.71. The number of hydrogen-bond donors (Lipinski definition) is 0. The van der Waals surface area contributed by atoms with Crippen LogP contribution >= 0.6 is 0 Å². The molecular weight excluding hydrogens is 181 g/mol. The van der Waals surface area contributed by atoms with Crippen LogP contribution in [0.1, 0.15) is 33.3 Å². The highest BCUT2D eigenvalue weighted by Gasteiger charge is 2.14. The number of nitrogens with zero attached hydrogens (tertiary/aromatic N) is 1. The Kier molecular flexibility index (Phi) is 4.40. The smallest absolute Gasteiger partial charge is 0.248 e. The second-order valence-electron chi connectivity index (χ2n) is 4.67. The van der Waals surface area contributed by atoms with Gasteiger partial charge in [0, 0.05) is 0 Å². The molecule has 0 aromatic heterocycles. The van der Waals surface area contributed by atoms with Gasteiger partial charge in [-0.15, -0.1) is 0 Å². The van der Waals surface area contributed by atoms with Crippen LogP contribution < -0.4 is 5.46 Å². The Morgan fingerprint density at radius 1 is 0.933 bits per heavy atom. The Balaban J connectivity index is 2.70. The maximum absolute atomic E-state index is 2.38. The van der Waals surface area contributed by atoms with Gasteiger partial charge in [-0.1, -0.05) is 63.0 Å². The van der Waals surface area contributed by atoms with Crippen molar-refractivity contribution in [3.63, 3.8) is 0 Å². The highest BCUT2D eigenvalue weighted by Crippen LogP contribution is 2.03. The van der Waals surface area contributed by atoms with Crippen molar-refractivity contribution in [3.05, 3.63) is 29.8 Å².